The molecule has 184 valence electrons. The minimum Gasteiger partial charge on any atom is -0.493 e. The molecule has 1 heterocycles. The average Bonchev–Trinajstić information content (AvgIpc) is 2.82. The van der Waals surface area contributed by atoms with Crippen LogP contribution in [0.3, 0.4) is 0 Å². The van der Waals surface area contributed by atoms with Gasteiger partial charge in [0.2, 0.25) is 0 Å². The maximum absolute atomic E-state index is 13.4. The highest BCUT2D eigenvalue weighted by Gasteiger charge is 2.26. The first kappa shape index (κ1) is 26.2. The number of thioether (sulfide) groups is 1. The summed E-state index contributed by atoms with van der Waals surface area (Å²) in [6.45, 7) is 7.50. The van der Waals surface area contributed by atoms with Gasteiger partial charge in [0.25, 0.3) is 5.91 Å². The topological polar surface area (TPSA) is 45.1 Å². The quantitative estimate of drug-likeness (QED) is 0.378. The van der Waals surface area contributed by atoms with Crippen LogP contribution >= 0.6 is 11.8 Å². The SMILES string of the molecule is CS/C(=N\C(=O)Cc1ccc(OCC(C)C)cc1)N(Cc1ccc(F)cc1)C1CCN(C)CC1. The van der Waals surface area contributed by atoms with Crippen LogP contribution in [0.2, 0.25) is 0 Å². The van der Waals surface area contributed by atoms with Crippen molar-refractivity contribution in [3.05, 3.63) is 65.5 Å². The Balaban J connectivity index is 1.73. The second-order valence-electron chi connectivity index (χ2n) is 9.31. The molecular formula is C27H36FN3O2S. The van der Waals surface area contributed by atoms with Gasteiger partial charge in [-0.25, -0.2) is 4.39 Å². The number of piperidine rings is 1. The minimum atomic E-state index is -0.246. The lowest BCUT2D eigenvalue weighted by atomic mass is 10.0. The molecule has 0 bridgehead atoms. The van der Waals surface area contributed by atoms with Crippen molar-refractivity contribution < 1.29 is 13.9 Å². The molecule has 1 aliphatic rings. The van der Waals surface area contributed by atoms with Crippen molar-refractivity contribution in [3.8, 4) is 5.75 Å². The highest BCUT2D eigenvalue weighted by Crippen LogP contribution is 2.23. The van der Waals surface area contributed by atoms with Crippen LogP contribution in [-0.4, -0.2) is 59.9 Å². The fraction of sp³-hybridized carbons (Fsp3) is 0.481. The van der Waals surface area contributed by atoms with E-state index in [9.17, 15) is 9.18 Å². The summed E-state index contributed by atoms with van der Waals surface area (Å²) in [7, 11) is 2.13. The number of benzene rings is 2. The van der Waals surface area contributed by atoms with E-state index in [4.69, 9.17) is 4.74 Å². The predicted octanol–water partition coefficient (Wildman–Crippen LogP) is 5.25. The third-order valence-corrected chi connectivity index (χ3v) is 6.60. The fourth-order valence-corrected chi connectivity index (χ4v) is 4.60. The van der Waals surface area contributed by atoms with E-state index >= 15 is 0 Å². The first-order chi connectivity index (χ1) is 16.3. The van der Waals surface area contributed by atoms with Crippen LogP contribution < -0.4 is 4.74 Å². The zero-order valence-corrected chi connectivity index (χ0v) is 21.5. The van der Waals surface area contributed by atoms with Crippen LogP contribution in [0.1, 0.15) is 37.8 Å². The van der Waals surface area contributed by atoms with Crippen molar-refractivity contribution in [1.29, 1.82) is 0 Å². The van der Waals surface area contributed by atoms with Gasteiger partial charge in [0, 0.05) is 12.6 Å². The number of nitrogens with zero attached hydrogens (tertiary/aromatic N) is 3. The molecule has 1 saturated heterocycles. The number of hydrogen-bond donors (Lipinski definition) is 0. The third kappa shape index (κ3) is 8.13. The Labute approximate surface area is 207 Å². The number of rotatable bonds is 8. The Kier molecular flexibility index (Phi) is 9.96. The standard InChI is InChI=1S/C27H36FN3O2S/c1-20(2)19-33-25-11-7-21(8-12-25)17-26(32)29-27(34-4)31(24-13-15-30(3)16-14-24)18-22-5-9-23(28)10-6-22/h5-12,20,24H,13-19H2,1-4H3/b29-27-. The lowest BCUT2D eigenvalue weighted by Gasteiger charge is -2.38. The average molecular weight is 486 g/mol. The summed E-state index contributed by atoms with van der Waals surface area (Å²) in [5, 5.41) is 0.723. The van der Waals surface area contributed by atoms with Gasteiger partial charge in [-0.1, -0.05) is 49.9 Å². The van der Waals surface area contributed by atoms with Crippen molar-refractivity contribution in [2.75, 3.05) is 33.0 Å². The number of carbonyl (C=O) groups excluding carboxylic acids is 1. The van der Waals surface area contributed by atoms with Crippen molar-refractivity contribution in [2.24, 2.45) is 10.9 Å². The van der Waals surface area contributed by atoms with E-state index in [0.717, 1.165) is 48.0 Å². The Morgan fingerprint density at radius 2 is 1.74 bits per heavy atom. The van der Waals surface area contributed by atoms with Crippen LogP contribution in [0.15, 0.2) is 53.5 Å². The van der Waals surface area contributed by atoms with Gasteiger partial charge in [-0.05, 0) is 80.5 Å². The smallest absolute Gasteiger partial charge is 0.252 e. The Morgan fingerprint density at radius 3 is 2.32 bits per heavy atom. The van der Waals surface area contributed by atoms with Gasteiger partial charge in [-0.15, -0.1) is 0 Å². The van der Waals surface area contributed by atoms with Crippen molar-refractivity contribution in [2.45, 2.75) is 45.7 Å². The molecule has 0 aromatic heterocycles. The Bertz CT molecular complexity index is 939. The normalized spacial score (nSPS) is 15.5. The maximum atomic E-state index is 13.4. The summed E-state index contributed by atoms with van der Waals surface area (Å²) >= 11 is 1.49. The molecule has 0 saturated carbocycles. The van der Waals surface area contributed by atoms with Gasteiger partial charge >= 0.3 is 0 Å². The van der Waals surface area contributed by atoms with Crippen LogP contribution in [0.4, 0.5) is 4.39 Å². The van der Waals surface area contributed by atoms with Crippen LogP contribution in [-0.2, 0) is 17.8 Å². The van der Waals surface area contributed by atoms with E-state index in [1.54, 1.807) is 12.1 Å². The molecule has 7 heteroatoms. The number of hydrogen-bond acceptors (Lipinski definition) is 4. The van der Waals surface area contributed by atoms with E-state index in [1.165, 1.54) is 23.9 Å². The highest BCUT2D eigenvalue weighted by atomic mass is 32.2. The van der Waals surface area contributed by atoms with Crippen molar-refractivity contribution in [3.63, 3.8) is 0 Å². The number of halogens is 1. The summed E-state index contributed by atoms with van der Waals surface area (Å²) in [4.78, 5) is 22.0. The Morgan fingerprint density at radius 1 is 1.12 bits per heavy atom. The number of amides is 1. The summed E-state index contributed by atoms with van der Waals surface area (Å²) in [6, 6.07) is 14.5. The van der Waals surface area contributed by atoms with Gasteiger partial charge in [0.15, 0.2) is 5.17 Å². The maximum Gasteiger partial charge on any atom is 0.252 e. The molecule has 3 rings (SSSR count). The summed E-state index contributed by atoms with van der Waals surface area (Å²) in [5.41, 5.74) is 1.92. The van der Waals surface area contributed by atoms with Gasteiger partial charge in [0.05, 0.1) is 13.0 Å². The lowest BCUT2D eigenvalue weighted by Crippen LogP contribution is -2.45. The van der Waals surface area contributed by atoms with E-state index in [-0.39, 0.29) is 24.2 Å². The lowest BCUT2D eigenvalue weighted by molar-refractivity contribution is -0.117. The van der Waals surface area contributed by atoms with Gasteiger partial charge < -0.3 is 14.5 Å². The van der Waals surface area contributed by atoms with E-state index in [2.05, 4.69) is 35.7 Å². The van der Waals surface area contributed by atoms with E-state index in [0.29, 0.717) is 19.1 Å². The van der Waals surface area contributed by atoms with Gasteiger partial charge in [0.1, 0.15) is 11.6 Å². The zero-order valence-electron chi connectivity index (χ0n) is 20.7. The largest absolute Gasteiger partial charge is 0.493 e. The number of carbonyl (C=O) groups is 1. The molecule has 5 nitrogen and oxygen atoms in total. The van der Waals surface area contributed by atoms with Crippen LogP contribution in [0, 0.1) is 11.7 Å². The highest BCUT2D eigenvalue weighted by molar-refractivity contribution is 8.13. The van der Waals surface area contributed by atoms with Crippen molar-refractivity contribution in [1.82, 2.24) is 9.80 Å². The Hall–Kier alpha value is -2.38. The molecule has 2 aromatic carbocycles. The summed E-state index contributed by atoms with van der Waals surface area (Å²) < 4.78 is 19.2. The molecule has 0 atom stereocenters. The number of aliphatic imine (C=N–C) groups is 1. The van der Waals surface area contributed by atoms with Gasteiger partial charge in [-0.3, -0.25) is 4.79 Å². The molecule has 2 aromatic rings. The summed E-state index contributed by atoms with van der Waals surface area (Å²) in [5.74, 6) is 0.857. The van der Waals surface area contributed by atoms with Crippen molar-refractivity contribution >= 4 is 22.8 Å². The molecule has 1 amide bonds. The first-order valence-corrected chi connectivity index (χ1v) is 13.1. The van der Waals surface area contributed by atoms with E-state index < -0.39 is 0 Å². The zero-order chi connectivity index (χ0) is 24.5. The molecule has 34 heavy (non-hydrogen) atoms. The molecular weight excluding hydrogens is 449 g/mol. The first-order valence-electron chi connectivity index (χ1n) is 11.9. The van der Waals surface area contributed by atoms with E-state index in [1.807, 2.05) is 30.5 Å². The molecule has 1 aliphatic heterocycles. The third-order valence-electron chi connectivity index (χ3n) is 5.91. The monoisotopic (exact) mass is 485 g/mol. The molecule has 0 aliphatic carbocycles. The number of ether oxygens (including phenoxy) is 1. The van der Waals surface area contributed by atoms with Gasteiger partial charge in [-0.2, -0.15) is 4.99 Å². The fourth-order valence-electron chi connectivity index (χ4n) is 3.96. The molecule has 0 N–H and O–H groups in total. The summed E-state index contributed by atoms with van der Waals surface area (Å²) in [6.07, 6.45) is 4.21. The number of likely N-dealkylation sites (tertiary alicyclic amines) is 1. The molecule has 0 spiro atoms. The second kappa shape index (κ2) is 12.9. The molecule has 0 unspecified atom stereocenters. The van der Waals surface area contributed by atoms with Crippen LogP contribution in [0.25, 0.3) is 0 Å². The number of amidine groups is 1. The molecule has 1 fully saturated rings. The minimum absolute atomic E-state index is 0.169. The molecule has 0 radical (unpaired) electrons. The second-order valence-corrected chi connectivity index (χ2v) is 10.1. The predicted molar refractivity (Wildman–Crippen MR) is 139 cm³/mol. The van der Waals surface area contributed by atoms with Crippen LogP contribution in [0.5, 0.6) is 5.75 Å².